The lowest BCUT2D eigenvalue weighted by molar-refractivity contribution is 0.101. The summed E-state index contributed by atoms with van der Waals surface area (Å²) in [6.07, 6.45) is 0. The lowest BCUT2D eigenvalue weighted by Gasteiger charge is -2.10. The second-order valence-corrected chi connectivity index (χ2v) is 5.71. The van der Waals surface area contributed by atoms with Crippen LogP contribution in [0.15, 0.2) is 28.1 Å². The van der Waals surface area contributed by atoms with Crippen molar-refractivity contribution in [2.45, 2.75) is 13.8 Å². The predicted octanol–water partition coefficient (Wildman–Crippen LogP) is 3.07. The highest BCUT2D eigenvalue weighted by molar-refractivity contribution is 7.13. The van der Waals surface area contributed by atoms with Crippen molar-refractivity contribution in [2.75, 3.05) is 12.4 Å². The summed E-state index contributed by atoms with van der Waals surface area (Å²) >= 11 is 1.51. The average molecular weight is 330 g/mol. The van der Waals surface area contributed by atoms with Crippen molar-refractivity contribution >= 4 is 22.9 Å². The van der Waals surface area contributed by atoms with E-state index >= 15 is 0 Å². The van der Waals surface area contributed by atoms with Gasteiger partial charge in [0.2, 0.25) is 0 Å². The quantitative estimate of drug-likeness (QED) is 0.790. The lowest BCUT2D eigenvalue weighted by Crippen LogP contribution is -2.15. The smallest absolute Gasteiger partial charge is 0.316 e. The lowest BCUT2D eigenvalue weighted by atomic mass is 10.2. The van der Waals surface area contributed by atoms with Crippen LogP contribution in [-0.2, 0) is 0 Å². The summed E-state index contributed by atoms with van der Waals surface area (Å²) in [5, 5.41) is 8.51. The highest BCUT2D eigenvalue weighted by Crippen LogP contribution is 2.26. The molecule has 3 rings (SSSR count). The largest absolute Gasteiger partial charge is 0.467 e. The van der Waals surface area contributed by atoms with Gasteiger partial charge >= 0.3 is 6.01 Å². The number of nitrogens with zero attached hydrogens (tertiary/aromatic N) is 3. The van der Waals surface area contributed by atoms with Gasteiger partial charge in [-0.3, -0.25) is 4.79 Å². The SMILES string of the molecule is COc1nc(C)c(NC(=O)c2cc(-c3cccs3)on2)c(C)n1. The van der Waals surface area contributed by atoms with Gasteiger partial charge in [0.1, 0.15) is 0 Å². The molecule has 0 saturated carbocycles. The van der Waals surface area contributed by atoms with Crippen LogP contribution in [0, 0.1) is 13.8 Å². The molecule has 0 fully saturated rings. The van der Waals surface area contributed by atoms with Gasteiger partial charge < -0.3 is 14.6 Å². The zero-order chi connectivity index (χ0) is 16.4. The average Bonchev–Trinajstić information content (AvgIpc) is 3.20. The molecule has 0 saturated heterocycles. The van der Waals surface area contributed by atoms with Gasteiger partial charge in [-0.15, -0.1) is 11.3 Å². The van der Waals surface area contributed by atoms with Crippen LogP contribution in [0.25, 0.3) is 10.6 Å². The monoisotopic (exact) mass is 330 g/mol. The van der Waals surface area contributed by atoms with E-state index in [1.54, 1.807) is 19.9 Å². The highest BCUT2D eigenvalue weighted by atomic mass is 32.1. The molecule has 118 valence electrons. The van der Waals surface area contributed by atoms with Crippen molar-refractivity contribution in [1.29, 1.82) is 0 Å². The van der Waals surface area contributed by atoms with Gasteiger partial charge in [0, 0.05) is 6.07 Å². The van der Waals surface area contributed by atoms with Gasteiger partial charge in [0.05, 0.1) is 29.1 Å². The number of nitrogens with one attached hydrogen (secondary N) is 1. The third-order valence-corrected chi connectivity index (χ3v) is 4.06. The molecule has 3 aromatic rings. The first kappa shape index (κ1) is 15.2. The molecule has 1 N–H and O–H groups in total. The summed E-state index contributed by atoms with van der Waals surface area (Å²) < 4.78 is 10.2. The van der Waals surface area contributed by atoms with Crippen LogP contribution in [0.2, 0.25) is 0 Å². The maximum Gasteiger partial charge on any atom is 0.316 e. The van der Waals surface area contributed by atoms with Crippen LogP contribution < -0.4 is 10.1 Å². The molecule has 1 amide bonds. The third kappa shape index (κ3) is 3.07. The fourth-order valence-corrected chi connectivity index (χ4v) is 2.73. The predicted molar refractivity (Wildman–Crippen MR) is 85.8 cm³/mol. The van der Waals surface area contributed by atoms with E-state index in [1.165, 1.54) is 18.4 Å². The number of aromatic nitrogens is 3. The molecular formula is C15H14N4O3S. The maximum atomic E-state index is 12.3. The molecule has 23 heavy (non-hydrogen) atoms. The second-order valence-electron chi connectivity index (χ2n) is 4.76. The number of ether oxygens (including phenoxy) is 1. The summed E-state index contributed by atoms with van der Waals surface area (Å²) in [6.45, 7) is 3.54. The van der Waals surface area contributed by atoms with E-state index in [2.05, 4.69) is 20.4 Å². The third-order valence-electron chi connectivity index (χ3n) is 3.18. The fourth-order valence-electron chi connectivity index (χ4n) is 2.05. The van der Waals surface area contributed by atoms with E-state index in [4.69, 9.17) is 9.26 Å². The number of carbonyl (C=O) groups is 1. The molecular weight excluding hydrogens is 316 g/mol. The Morgan fingerprint density at radius 1 is 1.30 bits per heavy atom. The van der Waals surface area contributed by atoms with Gasteiger partial charge in [-0.1, -0.05) is 11.2 Å². The number of hydrogen-bond donors (Lipinski definition) is 1. The summed E-state index contributed by atoms with van der Waals surface area (Å²) in [5.41, 5.74) is 1.97. The molecule has 0 bridgehead atoms. The first-order valence-electron chi connectivity index (χ1n) is 6.79. The molecule has 0 aliphatic rings. The molecule has 0 aliphatic heterocycles. The minimum Gasteiger partial charge on any atom is -0.467 e. The molecule has 0 aliphatic carbocycles. The van der Waals surface area contributed by atoms with Crippen LogP contribution in [-0.4, -0.2) is 28.1 Å². The van der Waals surface area contributed by atoms with E-state index in [0.717, 1.165) is 4.88 Å². The van der Waals surface area contributed by atoms with E-state index in [0.29, 0.717) is 22.8 Å². The minimum absolute atomic E-state index is 0.197. The normalized spacial score (nSPS) is 10.6. The van der Waals surface area contributed by atoms with Gasteiger partial charge in [-0.2, -0.15) is 9.97 Å². The Bertz CT molecular complexity index is 819. The molecule has 3 heterocycles. The van der Waals surface area contributed by atoms with Crippen molar-refractivity contribution in [2.24, 2.45) is 0 Å². The summed E-state index contributed by atoms with van der Waals surface area (Å²) in [6, 6.07) is 5.68. The number of amides is 1. The van der Waals surface area contributed by atoms with Crippen LogP contribution >= 0.6 is 11.3 Å². The van der Waals surface area contributed by atoms with Gasteiger partial charge in [0.25, 0.3) is 5.91 Å². The number of hydrogen-bond acceptors (Lipinski definition) is 7. The number of anilines is 1. The molecule has 0 atom stereocenters. The summed E-state index contributed by atoms with van der Waals surface area (Å²) in [5.74, 6) is 0.182. The molecule has 7 nitrogen and oxygen atoms in total. The molecule has 0 radical (unpaired) electrons. The zero-order valence-corrected chi connectivity index (χ0v) is 13.6. The Morgan fingerprint density at radius 2 is 2.04 bits per heavy atom. The summed E-state index contributed by atoms with van der Waals surface area (Å²) in [7, 11) is 1.49. The molecule has 8 heteroatoms. The number of aryl methyl sites for hydroxylation is 2. The Kier molecular flexibility index (Phi) is 4.07. The Labute approximate surface area is 136 Å². The van der Waals surface area contributed by atoms with Crippen LogP contribution in [0.5, 0.6) is 6.01 Å². The number of rotatable bonds is 4. The number of methoxy groups -OCH3 is 1. The zero-order valence-electron chi connectivity index (χ0n) is 12.8. The van der Waals surface area contributed by atoms with E-state index in [-0.39, 0.29) is 17.6 Å². The standard InChI is InChI=1S/C15H14N4O3S/c1-8-13(9(2)17-15(16-8)21-3)18-14(20)10-7-11(22-19-10)12-5-4-6-23-12/h4-7H,1-3H3,(H,18,20). The van der Waals surface area contributed by atoms with Gasteiger partial charge in [-0.25, -0.2) is 0 Å². The first-order valence-corrected chi connectivity index (χ1v) is 7.67. The highest BCUT2D eigenvalue weighted by Gasteiger charge is 2.17. The van der Waals surface area contributed by atoms with Crippen molar-refractivity contribution in [3.8, 4) is 16.6 Å². The van der Waals surface area contributed by atoms with E-state index < -0.39 is 0 Å². The van der Waals surface area contributed by atoms with Crippen LogP contribution in [0.4, 0.5) is 5.69 Å². The molecule has 0 unspecified atom stereocenters. The molecule has 0 spiro atoms. The van der Waals surface area contributed by atoms with Crippen molar-refractivity contribution < 1.29 is 14.1 Å². The topological polar surface area (TPSA) is 90.1 Å². The first-order chi connectivity index (χ1) is 11.1. The van der Waals surface area contributed by atoms with Crippen molar-refractivity contribution in [3.63, 3.8) is 0 Å². The van der Waals surface area contributed by atoms with Crippen molar-refractivity contribution in [1.82, 2.24) is 15.1 Å². The number of thiophene rings is 1. The Hall–Kier alpha value is -2.74. The fraction of sp³-hybridized carbons (Fsp3) is 0.200. The second kappa shape index (κ2) is 6.17. The minimum atomic E-state index is -0.378. The van der Waals surface area contributed by atoms with Crippen molar-refractivity contribution in [3.05, 3.63) is 40.7 Å². The number of carbonyl (C=O) groups excluding carboxylic acids is 1. The Balaban J connectivity index is 1.83. The Morgan fingerprint density at radius 3 is 2.65 bits per heavy atom. The van der Waals surface area contributed by atoms with Gasteiger partial charge in [-0.05, 0) is 25.3 Å². The van der Waals surface area contributed by atoms with Gasteiger partial charge in [0.15, 0.2) is 11.5 Å². The van der Waals surface area contributed by atoms with E-state index in [1.807, 2.05) is 17.5 Å². The maximum absolute atomic E-state index is 12.3. The summed E-state index contributed by atoms with van der Waals surface area (Å²) in [4.78, 5) is 21.6. The van der Waals surface area contributed by atoms with E-state index in [9.17, 15) is 4.79 Å². The van der Waals surface area contributed by atoms with Crippen LogP contribution in [0.3, 0.4) is 0 Å². The van der Waals surface area contributed by atoms with Crippen LogP contribution in [0.1, 0.15) is 21.9 Å². The molecule has 3 aromatic heterocycles. The molecule has 0 aromatic carbocycles.